The van der Waals surface area contributed by atoms with Crippen molar-refractivity contribution in [2.45, 2.75) is 25.8 Å². The Morgan fingerprint density at radius 1 is 1.18 bits per heavy atom. The van der Waals surface area contributed by atoms with Crippen LogP contribution >= 0.6 is 0 Å². The minimum Gasteiger partial charge on any atom is -0.369 e. The first-order valence-electron chi connectivity index (χ1n) is 6.48. The summed E-state index contributed by atoms with van der Waals surface area (Å²) in [6.07, 6.45) is 2.62. The molecule has 1 atom stereocenters. The minimum absolute atomic E-state index is 0.117. The first-order valence-corrected chi connectivity index (χ1v) is 6.48. The highest BCUT2D eigenvalue weighted by Gasteiger charge is 2.30. The van der Waals surface area contributed by atoms with Gasteiger partial charge in [0, 0.05) is 31.4 Å². The highest BCUT2D eigenvalue weighted by molar-refractivity contribution is 5.49. The molecule has 0 spiro atoms. The number of halogens is 1. The molecule has 3 rings (SSSR count). The number of benzene rings is 1. The summed E-state index contributed by atoms with van der Waals surface area (Å²) in [5.41, 5.74) is 2.06. The van der Waals surface area contributed by atoms with E-state index in [9.17, 15) is 4.39 Å². The van der Waals surface area contributed by atoms with Gasteiger partial charge in [0.15, 0.2) is 0 Å². The van der Waals surface area contributed by atoms with Gasteiger partial charge >= 0.3 is 0 Å². The highest BCUT2D eigenvalue weighted by Crippen LogP contribution is 2.26. The van der Waals surface area contributed by atoms with Gasteiger partial charge in [-0.1, -0.05) is 0 Å². The molecule has 0 N–H and O–H groups in total. The molecule has 2 aliphatic heterocycles. The highest BCUT2D eigenvalue weighted by atomic mass is 19.1. The summed E-state index contributed by atoms with van der Waals surface area (Å²) in [5, 5.41) is 0. The predicted molar refractivity (Wildman–Crippen MR) is 67.9 cm³/mol. The van der Waals surface area contributed by atoms with Gasteiger partial charge in [0.05, 0.1) is 0 Å². The van der Waals surface area contributed by atoms with Crippen LogP contribution in [0.25, 0.3) is 0 Å². The Morgan fingerprint density at radius 3 is 2.88 bits per heavy atom. The van der Waals surface area contributed by atoms with Crippen LogP contribution in [0.2, 0.25) is 0 Å². The Kier molecular flexibility index (Phi) is 2.79. The first-order chi connectivity index (χ1) is 8.22. The zero-order chi connectivity index (χ0) is 11.8. The van der Waals surface area contributed by atoms with Crippen molar-refractivity contribution >= 4 is 5.69 Å². The van der Waals surface area contributed by atoms with Crippen LogP contribution in [-0.2, 0) is 0 Å². The lowest BCUT2D eigenvalue weighted by molar-refractivity contribution is 0.231. The second kappa shape index (κ2) is 4.30. The zero-order valence-corrected chi connectivity index (χ0v) is 10.3. The Labute approximate surface area is 102 Å². The van der Waals surface area contributed by atoms with Crippen LogP contribution in [0.1, 0.15) is 18.4 Å². The van der Waals surface area contributed by atoms with Gasteiger partial charge in [-0.25, -0.2) is 4.39 Å². The number of anilines is 1. The number of nitrogens with zero attached hydrogens (tertiary/aromatic N) is 2. The van der Waals surface area contributed by atoms with E-state index in [-0.39, 0.29) is 5.82 Å². The summed E-state index contributed by atoms with van der Waals surface area (Å²) in [7, 11) is 0. The van der Waals surface area contributed by atoms with Crippen LogP contribution in [-0.4, -0.2) is 37.1 Å². The Bertz CT molecular complexity index is 398. The molecule has 1 unspecified atom stereocenters. The van der Waals surface area contributed by atoms with E-state index in [0.717, 1.165) is 30.9 Å². The summed E-state index contributed by atoms with van der Waals surface area (Å²) in [5.74, 6) is -0.117. The molecule has 0 radical (unpaired) electrons. The smallest absolute Gasteiger partial charge is 0.125 e. The van der Waals surface area contributed by atoms with E-state index in [1.165, 1.54) is 19.4 Å². The summed E-state index contributed by atoms with van der Waals surface area (Å²) < 4.78 is 13.4. The van der Waals surface area contributed by atoms with Crippen molar-refractivity contribution in [3.05, 3.63) is 29.6 Å². The Morgan fingerprint density at radius 2 is 2.06 bits per heavy atom. The van der Waals surface area contributed by atoms with Gasteiger partial charge in [-0.3, -0.25) is 4.90 Å². The minimum atomic E-state index is -0.117. The Balaban J connectivity index is 1.80. The third-order valence-electron chi connectivity index (χ3n) is 3.98. The summed E-state index contributed by atoms with van der Waals surface area (Å²) >= 11 is 0. The van der Waals surface area contributed by atoms with Crippen molar-refractivity contribution in [3.8, 4) is 0 Å². The number of rotatable bonds is 1. The summed E-state index contributed by atoms with van der Waals surface area (Å²) in [4.78, 5) is 4.91. The summed E-state index contributed by atoms with van der Waals surface area (Å²) in [6, 6.07) is 6.04. The molecule has 2 fully saturated rings. The monoisotopic (exact) mass is 234 g/mol. The maximum absolute atomic E-state index is 13.4. The van der Waals surface area contributed by atoms with E-state index in [1.54, 1.807) is 12.1 Å². The van der Waals surface area contributed by atoms with Crippen molar-refractivity contribution < 1.29 is 4.39 Å². The van der Waals surface area contributed by atoms with E-state index < -0.39 is 0 Å². The standard InChI is InChI=1S/C14H19FN2/c1-11-7-12(15)9-14(8-11)17-6-5-16-4-2-3-13(16)10-17/h7-9,13H,2-6,10H2,1H3. The number of piperazine rings is 1. The molecule has 0 aromatic heterocycles. The molecular formula is C14H19FN2. The molecule has 92 valence electrons. The lowest BCUT2D eigenvalue weighted by Crippen LogP contribution is -2.50. The van der Waals surface area contributed by atoms with Crippen LogP contribution in [0.15, 0.2) is 18.2 Å². The predicted octanol–water partition coefficient (Wildman–Crippen LogP) is 2.42. The quantitative estimate of drug-likeness (QED) is 0.736. The van der Waals surface area contributed by atoms with Gasteiger partial charge in [0.2, 0.25) is 0 Å². The molecular weight excluding hydrogens is 215 g/mol. The molecule has 0 saturated carbocycles. The molecule has 2 aliphatic rings. The van der Waals surface area contributed by atoms with Crippen molar-refractivity contribution in [2.75, 3.05) is 31.1 Å². The van der Waals surface area contributed by atoms with Crippen molar-refractivity contribution in [3.63, 3.8) is 0 Å². The number of fused-ring (bicyclic) bond motifs is 1. The first kappa shape index (κ1) is 11.0. The topological polar surface area (TPSA) is 6.48 Å². The maximum Gasteiger partial charge on any atom is 0.125 e. The lowest BCUT2D eigenvalue weighted by Gasteiger charge is -2.39. The molecule has 0 aliphatic carbocycles. The fourth-order valence-electron chi connectivity index (χ4n) is 3.13. The van der Waals surface area contributed by atoms with Gasteiger partial charge < -0.3 is 4.90 Å². The molecule has 0 amide bonds. The SMILES string of the molecule is Cc1cc(F)cc(N2CCN3CCCC3C2)c1. The largest absolute Gasteiger partial charge is 0.369 e. The van der Waals surface area contributed by atoms with E-state index in [1.807, 2.05) is 6.92 Å². The van der Waals surface area contributed by atoms with Gasteiger partial charge in [-0.2, -0.15) is 0 Å². The van der Waals surface area contributed by atoms with Crippen LogP contribution in [0.3, 0.4) is 0 Å². The van der Waals surface area contributed by atoms with Gasteiger partial charge in [0.25, 0.3) is 0 Å². The molecule has 2 heterocycles. The maximum atomic E-state index is 13.4. The molecule has 2 saturated heterocycles. The average Bonchev–Trinajstić information content (AvgIpc) is 2.74. The lowest BCUT2D eigenvalue weighted by atomic mass is 10.1. The van der Waals surface area contributed by atoms with Gasteiger partial charge in [0.1, 0.15) is 5.82 Å². The van der Waals surface area contributed by atoms with Crippen LogP contribution in [0, 0.1) is 12.7 Å². The van der Waals surface area contributed by atoms with Gasteiger partial charge in [-0.15, -0.1) is 0 Å². The second-order valence-corrected chi connectivity index (χ2v) is 5.26. The van der Waals surface area contributed by atoms with Crippen molar-refractivity contribution in [2.24, 2.45) is 0 Å². The number of hydrogen-bond donors (Lipinski definition) is 0. The van der Waals surface area contributed by atoms with Crippen LogP contribution in [0.5, 0.6) is 0 Å². The third kappa shape index (κ3) is 2.16. The molecule has 2 nitrogen and oxygen atoms in total. The Hall–Kier alpha value is -1.09. The van der Waals surface area contributed by atoms with Crippen molar-refractivity contribution in [1.82, 2.24) is 4.90 Å². The number of aryl methyl sites for hydroxylation is 1. The fraction of sp³-hybridized carbons (Fsp3) is 0.571. The van der Waals surface area contributed by atoms with E-state index >= 15 is 0 Å². The average molecular weight is 234 g/mol. The van der Waals surface area contributed by atoms with Crippen molar-refractivity contribution in [1.29, 1.82) is 0 Å². The number of hydrogen-bond acceptors (Lipinski definition) is 2. The molecule has 3 heteroatoms. The van der Waals surface area contributed by atoms with Gasteiger partial charge in [-0.05, 0) is 50.1 Å². The molecule has 17 heavy (non-hydrogen) atoms. The zero-order valence-electron chi connectivity index (χ0n) is 10.3. The summed E-state index contributed by atoms with van der Waals surface area (Å²) in [6.45, 7) is 6.42. The van der Waals surface area contributed by atoms with Crippen LogP contribution < -0.4 is 4.90 Å². The van der Waals surface area contributed by atoms with E-state index in [4.69, 9.17) is 0 Å². The molecule has 1 aromatic carbocycles. The second-order valence-electron chi connectivity index (χ2n) is 5.26. The normalized spacial score (nSPS) is 25.1. The third-order valence-corrected chi connectivity index (χ3v) is 3.98. The van der Waals surface area contributed by atoms with E-state index in [2.05, 4.69) is 15.9 Å². The van der Waals surface area contributed by atoms with E-state index in [0.29, 0.717) is 6.04 Å². The van der Waals surface area contributed by atoms with Crippen LogP contribution in [0.4, 0.5) is 10.1 Å². The molecule has 1 aromatic rings. The fourth-order valence-corrected chi connectivity index (χ4v) is 3.13. The molecule has 0 bridgehead atoms.